The molecule has 8 heteroatoms. The summed E-state index contributed by atoms with van der Waals surface area (Å²) < 4.78 is 16.3. The van der Waals surface area contributed by atoms with Crippen LogP contribution in [0.4, 0.5) is 56.9 Å². The minimum Gasteiger partial charge on any atom is -0.457 e. The Labute approximate surface area is 491 Å². The van der Waals surface area contributed by atoms with Gasteiger partial charge in [-0.2, -0.15) is 0 Å². The lowest BCUT2D eigenvalue weighted by Crippen LogP contribution is -2.65. The second-order valence-electron chi connectivity index (χ2n) is 25.0. The SMILES string of the molecule is CC1(C)c2ccccc2-c2cc3c4c(c21)Oc1cc2c5c6c(cc2c2c1[Si]4c1c(cccc1N2c1ccccc1)N3c1ccccc1)Oc1c2c(cc3c1C(C)(C)c1ccccc1-3)N(c1ccccc1)C1=CC=CC(C1[Si]26)N5c1ccccc1. The molecule has 9 aliphatic rings. The molecule has 84 heavy (non-hydrogen) atoms. The van der Waals surface area contributed by atoms with E-state index in [0.717, 1.165) is 40.1 Å². The van der Waals surface area contributed by atoms with Gasteiger partial charge in [0, 0.05) is 105 Å². The molecule has 0 aromatic heterocycles. The van der Waals surface area contributed by atoms with Crippen molar-refractivity contribution in [2.45, 2.75) is 50.1 Å². The average molecular weight is 1110 g/mol. The zero-order valence-corrected chi connectivity index (χ0v) is 48.7. The van der Waals surface area contributed by atoms with Crippen molar-refractivity contribution < 1.29 is 9.47 Å². The summed E-state index contributed by atoms with van der Waals surface area (Å²) in [6, 6.07) is 79.7. The van der Waals surface area contributed by atoms with Crippen LogP contribution in [0.5, 0.6) is 23.0 Å². The van der Waals surface area contributed by atoms with E-state index < -0.39 is 17.6 Å². The van der Waals surface area contributed by atoms with Crippen molar-refractivity contribution in [2.75, 3.05) is 19.6 Å². The van der Waals surface area contributed by atoms with Crippen molar-refractivity contribution in [3.8, 4) is 45.3 Å². The van der Waals surface area contributed by atoms with Crippen molar-refractivity contribution in [3.05, 3.63) is 259 Å². The second kappa shape index (κ2) is 15.7. The van der Waals surface area contributed by atoms with Crippen LogP contribution in [0.15, 0.2) is 236 Å². The number of benzene rings is 11. The quantitative estimate of drug-likeness (QED) is 0.163. The Morgan fingerprint density at radius 2 is 0.893 bits per heavy atom. The number of anilines is 10. The molecule has 0 N–H and O–H groups in total. The van der Waals surface area contributed by atoms with Crippen LogP contribution in [0.3, 0.4) is 0 Å². The highest BCUT2D eigenvalue weighted by Gasteiger charge is 2.59. The Hall–Kier alpha value is -9.61. The minimum atomic E-state index is -1.82. The third kappa shape index (κ3) is 5.44. The number of ether oxygens (including phenoxy) is 2. The zero-order valence-electron chi connectivity index (χ0n) is 46.7. The number of para-hydroxylation sites is 4. The van der Waals surface area contributed by atoms with E-state index in [1.807, 2.05) is 0 Å². The van der Waals surface area contributed by atoms with Crippen molar-refractivity contribution in [1.29, 1.82) is 0 Å². The zero-order chi connectivity index (χ0) is 55.2. The van der Waals surface area contributed by atoms with Crippen molar-refractivity contribution in [3.63, 3.8) is 0 Å². The second-order valence-corrected chi connectivity index (χ2v) is 29.7. The summed E-state index contributed by atoms with van der Waals surface area (Å²) in [7, 11) is -3.54. The summed E-state index contributed by atoms with van der Waals surface area (Å²) in [5.74, 6) is 4.01. The molecule has 0 bridgehead atoms. The Morgan fingerprint density at radius 3 is 1.50 bits per heavy atom. The molecule has 2 atom stereocenters. The monoisotopic (exact) mass is 1110 g/mol. The smallest absolute Gasteiger partial charge is 0.175 e. The molecule has 0 saturated carbocycles. The van der Waals surface area contributed by atoms with E-state index in [2.05, 4.69) is 278 Å². The highest BCUT2D eigenvalue weighted by molar-refractivity contribution is 7.02. The number of allylic oxidation sites excluding steroid dienone is 2. The lowest BCUT2D eigenvalue weighted by molar-refractivity contribution is 0.467. The van der Waals surface area contributed by atoms with E-state index in [1.54, 1.807) is 0 Å². The Morgan fingerprint density at radius 1 is 0.405 bits per heavy atom. The van der Waals surface area contributed by atoms with Gasteiger partial charge in [0.15, 0.2) is 8.80 Å². The third-order valence-electron chi connectivity index (χ3n) is 20.2. The van der Waals surface area contributed by atoms with E-state index in [9.17, 15) is 0 Å². The molecule has 11 aromatic carbocycles. The number of hydrogen-bond acceptors (Lipinski definition) is 6. The highest BCUT2D eigenvalue weighted by Crippen LogP contribution is 2.63. The lowest BCUT2D eigenvalue weighted by Gasteiger charge is -2.55. The third-order valence-corrected chi connectivity index (χ3v) is 26.5. The maximum absolute atomic E-state index is 8.13. The van der Waals surface area contributed by atoms with E-state index in [-0.39, 0.29) is 22.4 Å². The molecule has 2 radical (unpaired) electrons. The van der Waals surface area contributed by atoms with E-state index in [0.29, 0.717) is 0 Å². The molecule has 3 aliphatic carbocycles. The molecular weight excluding hydrogens is 1060 g/mol. The van der Waals surface area contributed by atoms with Gasteiger partial charge in [0.1, 0.15) is 31.8 Å². The van der Waals surface area contributed by atoms with E-state index in [4.69, 9.17) is 9.47 Å². The van der Waals surface area contributed by atoms with Crippen molar-refractivity contribution >= 4 is 111 Å². The fraction of sp³-hybridized carbons (Fsp3) is 0.105. The van der Waals surface area contributed by atoms with E-state index in [1.165, 1.54) is 127 Å². The first-order chi connectivity index (χ1) is 41.3. The highest BCUT2D eigenvalue weighted by atomic mass is 28.3. The standard InChI is InChI=1S/C76H52N4O2Si2/c1-75(2)53-33-19-17-31-47(53)49-39-59-71-67(63(49)75)81-61-41-51-52(65-73(61)83(71)69-55(77(59)43-23-9-5-10-24-43)35-21-37-57(69)79(65)45-27-13-7-14-28-45)42-62-74-66(51)80(46-29-15-8-16-30-46)58-38-22-36-56-70(58)84(74)72-60(78(56)44-25-11-6-12-26-44)40-50-48-32-18-20-34-54(48)76(3,4)64(50)68(72)82-62/h5-42,57,69H,1-4H3. The molecule has 0 fully saturated rings. The summed E-state index contributed by atoms with van der Waals surface area (Å²) in [6.07, 6.45) is 7.29. The largest absolute Gasteiger partial charge is 0.457 e. The molecule has 2 unspecified atom stereocenters. The van der Waals surface area contributed by atoms with Crippen molar-refractivity contribution in [1.82, 2.24) is 0 Å². The molecule has 6 aliphatic heterocycles. The molecular formula is C76H52N4O2Si2. The summed E-state index contributed by atoms with van der Waals surface area (Å²) in [4.78, 5) is 10.4. The maximum atomic E-state index is 8.13. The number of fused-ring (bicyclic) bond motifs is 11. The fourth-order valence-corrected chi connectivity index (χ4v) is 24.1. The molecule has 6 nitrogen and oxygen atoms in total. The summed E-state index contributed by atoms with van der Waals surface area (Å²) in [6.45, 7) is 9.67. The van der Waals surface area contributed by atoms with Gasteiger partial charge < -0.3 is 29.1 Å². The van der Waals surface area contributed by atoms with Crippen LogP contribution in [0, 0.1) is 0 Å². The van der Waals surface area contributed by atoms with Gasteiger partial charge in [0.2, 0.25) is 0 Å². The topological polar surface area (TPSA) is 31.4 Å². The van der Waals surface area contributed by atoms with Gasteiger partial charge in [0.25, 0.3) is 0 Å². The van der Waals surface area contributed by atoms with Crippen LogP contribution in [0.1, 0.15) is 49.9 Å². The first kappa shape index (κ1) is 45.9. The summed E-state index contributed by atoms with van der Waals surface area (Å²) >= 11 is 0. The molecule has 0 saturated heterocycles. The molecule has 0 spiro atoms. The first-order valence-corrected chi connectivity index (χ1v) is 32.7. The Kier molecular flexibility index (Phi) is 8.60. The van der Waals surface area contributed by atoms with Gasteiger partial charge in [-0.25, -0.2) is 0 Å². The van der Waals surface area contributed by atoms with Crippen LogP contribution in [0.2, 0.25) is 5.54 Å². The molecule has 6 heterocycles. The first-order valence-electron chi connectivity index (χ1n) is 29.6. The maximum Gasteiger partial charge on any atom is 0.175 e. The van der Waals surface area contributed by atoms with Gasteiger partial charge in [-0.1, -0.05) is 167 Å². The predicted octanol–water partition coefficient (Wildman–Crippen LogP) is 15.9. The number of nitrogens with zero attached hydrogens (tertiary/aromatic N) is 4. The van der Waals surface area contributed by atoms with Gasteiger partial charge >= 0.3 is 0 Å². The van der Waals surface area contributed by atoms with E-state index >= 15 is 0 Å². The molecule has 396 valence electrons. The van der Waals surface area contributed by atoms with Crippen LogP contribution in [-0.4, -0.2) is 23.6 Å². The van der Waals surface area contributed by atoms with Crippen LogP contribution in [-0.2, 0) is 10.8 Å². The van der Waals surface area contributed by atoms with Gasteiger partial charge in [-0.3, -0.25) is 0 Å². The van der Waals surface area contributed by atoms with Gasteiger partial charge in [0.05, 0.1) is 23.1 Å². The molecule has 11 aromatic rings. The normalized spacial score (nSPS) is 18.9. The van der Waals surface area contributed by atoms with Crippen molar-refractivity contribution in [2.24, 2.45) is 0 Å². The number of rotatable bonds is 4. The van der Waals surface area contributed by atoms with Gasteiger partial charge in [-0.15, -0.1) is 0 Å². The fourth-order valence-electron chi connectivity index (χ4n) is 17.0. The Balaban J connectivity index is 0.946. The van der Waals surface area contributed by atoms with Crippen LogP contribution in [0.25, 0.3) is 33.0 Å². The summed E-state index contributed by atoms with van der Waals surface area (Å²) in [5, 5.41) is 9.08. The Bertz CT molecular complexity index is 4900. The summed E-state index contributed by atoms with van der Waals surface area (Å²) in [5.41, 5.74) is 23.1. The van der Waals surface area contributed by atoms with Gasteiger partial charge in [-0.05, 0) is 130 Å². The van der Waals surface area contributed by atoms with Crippen LogP contribution >= 0.6 is 0 Å². The lowest BCUT2D eigenvalue weighted by atomic mass is 9.81. The average Bonchev–Trinajstić information content (AvgIpc) is 0.956. The van der Waals surface area contributed by atoms with Crippen LogP contribution < -0.4 is 55.0 Å². The molecule has 0 amide bonds. The molecule has 20 rings (SSSR count). The predicted molar refractivity (Wildman–Crippen MR) is 347 cm³/mol. The minimum absolute atomic E-state index is 0.0159. The number of hydrogen-bond donors (Lipinski definition) is 0.